The third-order valence-corrected chi connectivity index (χ3v) is 3.59. The zero-order valence-electron chi connectivity index (χ0n) is 14.6. The van der Waals surface area contributed by atoms with E-state index in [1.165, 1.54) is 0 Å². The van der Waals surface area contributed by atoms with Gasteiger partial charge >= 0.3 is 5.97 Å². The second-order valence-corrected chi connectivity index (χ2v) is 5.87. The van der Waals surface area contributed by atoms with Crippen molar-refractivity contribution in [2.45, 2.75) is 20.5 Å². The van der Waals surface area contributed by atoms with Gasteiger partial charge < -0.3 is 15.8 Å². The first-order chi connectivity index (χ1) is 12.5. The number of ether oxygens (including phenoxy) is 1. The lowest BCUT2D eigenvalue weighted by Gasteiger charge is -2.08. The third-order valence-electron chi connectivity index (χ3n) is 3.59. The topological polar surface area (TPSA) is 103 Å². The summed E-state index contributed by atoms with van der Waals surface area (Å²) in [5.41, 5.74) is 9.16. The number of esters is 1. The van der Waals surface area contributed by atoms with Crippen molar-refractivity contribution in [3.05, 3.63) is 71.0 Å². The molecule has 132 valence electrons. The van der Waals surface area contributed by atoms with Gasteiger partial charge in [0.05, 0.1) is 5.56 Å². The minimum Gasteiger partial charge on any atom is -0.454 e. The van der Waals surface area contributed by atoms with Gasteiger partial charge in [-0.15, -0.1) is 0 Å². The van der Waals surface area contributed by atoms with Gasteiger partial charge in [-0.25, -0.2) is 4.79 Å². The third kappa shape index (κ3) is 4.54. The Hall–Kier alpha value is -3.48. The molecule has 2 aromatic carbocycles. The number of hydrogen-bond donors (Lipinski definition) is 2. The van der Waals surface area contributed by atoms with Crippen LogP contribution in [-0.2, 0) is 11.3 Å². The van der Waals surface area contributed by atoms with E-state index in [9.17, 15) is 4.79 Å². The van der Waals surface area contributed by atoms with Crippen molar-refractivity contribution in [3.63, 3.8) is 0 Å². The molecule has 3 aromatic rings. The number of nitrogens with zero attached hydrogens (tertiary/aromatic N) is 3. The molecule has 1 heterocycles. The van der Waals surface area contributed by atoms with Crippen molar-refractivity contribution >= 4 is 23.6 Å². The van der Waals surface area contributed by atoms with E-state index in [-0.39, 0.29) is 18.4 Å². The Morgan fingerprint density at radius 2 is 1.81 bits per heavy atom. The highest BCUT2D eigenvalue weighted by molar-refractivity contribution is 5.89. The van der Waals surface area contributed by atoms with Gasteiger partial charge in [0.1, 0.15) is 0 Å². The molecular weight excluding hydrogens is 330 g/mol. The van der Waals surface area contributed by atoms with Gasteiger partial charge in [-0.1, -0.05) is 35.4 Å². The molecule has 0 saturated heterocycles. The molecule has 26 heavy (non-hydrogen) atoms. The van der Waals surface area contributed by atoms with Crippen molar-refractivity contribution in [1.82, 2.24) is 15.0 Å². The van der Waals surface area contributed by atoms with Crippen LogP contribution in [0, 0.1) is 13.8 Å². The fourth-order valence-electron chi connectivity index (χ4n) is 2.31. The number of carbonyl (C=O) groups is 1. The van der Waals surface area contributed by atoms with E-state index in [0.717, 1.165) is 16.8 Å². The highest BCUT2D eigenvalue weighted by Gasteiger charge is 2.10. The number of hydrogen-bond acceptors (Lipinski definition) is 7. The summed E-state index contributed by atoms with van der Waals surface area (Å²) in [5, 5.41) is 3.06. The summed E-state index contributed by atoms with van der Waals surface area (Å²) in [6.07, 6.45) is 0. The van der Waals surface area contributed by atoms with E-state index in [0.29, 0.717) is 11.5 Å². The van der Waals surface area contributed by atoms with Gasteiger partial charge in [-0.3, -0.25) is 0 Å². The number of nitrogens with one attached hydrogen (secondary N) is 1. The van der Waals surface area contributed by atoms with Crippen molar-refractivity contribution < 1.29 is 9.53 Å². The average Bonchev–Trinajstić information content (AvgIpc) is 2.61. The van der Waals surface area contributed by atoms with Gasteiger partial charge in [0, 0.05) is 5.69 Å². The van der Waals surface area contributed by atoms with E-state index in [2.05, 4.69) is 20.3 Å². The highest BCUT2D eigenvalue weighted by atomic mass is 16.5. The summed E-state index contributed by atoms with van der Waals surface area (Å²) in [7, 11) is 0. The van der Waals surface area contributed by atoms with Crippen LogP contribution >= 0.6 is 0 Å². The number of carbonyl (C=O) groups excluding carboxylic acids is 1. The van der Waals surface area contributed by atoms with Crippen LogP contribution in [0.15, 0.2) is 48.5 Å². The number of nitrogen functional groups attached to an aromatic ring is 1. The minimum atomic E-state index is -0.444. The minimum absolute atomic E-state index is 0.0521. The lowest BCUT2D eigenvalue weighted by atomic mass is 10.1. The fourth-order valence-corrected chi connectivity index (χ4v) is 2.31. The van der Waals surface area contributed by atoms with E-state index in [1.54, 1.807) is 18.2 Å². The maximum atomic E-state index is 12.1. The molecule has 0 saturated carbocycles. The van der Waals surface area contributed by atoms with Gasteiger partial charge in [0.25, 0.3) is 0 Å². The Morgan fingerprint density at radius 3 is 2.54 bits per heavy atom. The predicted octanol–water partition coefficient (Wildman–Crippen LogP) is 3.17. The van der Waals surface area contributed by atoms with Gasteiger partial charge in [-0.05, 0) is 38.1 Å². The first-order valence-electron chi connectivity index (χ1n) is 8.07. The standard InChI is InChI=1S/C19H19N5O2/c1-12-6-8-15(9-7-12)21-19-23-16(22-18(20)24-19)11-26-17(25)14-5-3-4-13(2)10-14/h3-10H,11H2,1-2H3,(H3,20,21,22,23,24). The van der Waals surface area contributed by atoms with Gasteiger partial charge in [-0.2, -0.15) is 15.0 Å². The number of nitrogens with two attached hydrogens (primary N) is 1. The van der Waals surface area contributed by atoms with Crippen molar-refractivity contribution in [2.75, 3.05) is 11.1 Å². The number of aryl methyl sites for hydroxylation is 2. The molecule has 0 fully saturated rings. The quantitative estimate of drug-likeness (QED) is 0.682. The van der Waals surface area contributed by atoms with E-state index < -0.39 is 5.97 Å². The zero-order chi connectivity index (χ0) is 18.5. The highest BCUT2D eigenvalue weighted by Crippen LogP contribution is 2.15. The van der Waals surface area contributed by atoms with Crippen molar-refractivity contribution in [2.24, 2.45) is 0 Å². The second kappa shape index (κ2) is 7.60. The maximum absolute atomic E-state index is 12.1. The molecule has 0 radical (unpaired) electrons. The Kier molecular flexibility index (Phi) is 5.07. The molecule has 0 atom stereocenters. The van der Waals surface area contributed by atoms with Crippen LogP contribution in [0.2, 0.25) is 0 Å². The van der Waals surface area contributed by atoms with Crippen LogP contribution in [0.3, 0.4) is 0 Å². The van der Waals surface area contributed by atoms with Crippen LogP contribution in [0.4, 0.5) is 17.6 Å². The second-order valence-electron chi connectivity index (χ2n) is 5.87. The molecule has 7 heteroatoms. The van der Waals surface area contributed by atoms with E-state index >= 15 is 0 Å². The number of aromatic nitrogens is 3. The summed E-state index contributed by atoms with van der Waals surface area (Å²) in [6.45, 7) is 3.82. The largest absolute Gasteiger partial charge is 0.454 e. The molecule has 0 unspecified atom stereocenters. The van der Waals surface area contributed by atoms with Crippen LogP contribution in [0.5, 0.6) is 0 Å². The first kappa shape index (κ1) is 17.3. The zero-order valence-corrected chi connectivity index (χ0v) is 14.6. The molecule has 7 nitrogen and oxygen atoms in total. The summed E-state index contributed by atoms with van der Waals surface area (Å²) >= 11 is 0. The Labute approximate surface area is 151 Å². The summed E-state index contributed by atoms with van der Waals surface area (Å²) in [5.74, 6) is 0.174. The average molecular weight is 349 g/mol. The monoisotopic (exact) mass is 349 g/mol. The number of rotatable bonds is 5. The van der Waals surface area contributed by atoms with Gasteiger partial charge in [0.15, 0.2) is 12.4 Å². The lowest BCUT2D eigenvalue weighted by Crippen LogP contribution is -2.11. The molecule has 0 aliphatic carbocycles. The van der Waals surface area contributed by atoms with E-state index in [1.807, 2.05) is 44.2 Å². The summed E-state index contributed by atoms with van der Waals surface area (Å²) in [4.78, 5) is 24.4. The van der Waals surface area contributed by atoms with Crippen LogP contribution < -0.4 is 11.1 Å². The predicted molar refractivity (Wildman–Crippen MR) is 99.0 cm³/mol. The van der Waals surface area contributed by atoms with Gasteiger partial charge in [0.2, 0.25) is 11.9 Å². The number of benzene rings is 2. The Balaban J connectivity index is 1.69. The fraction of sp³-hybridized carbons (Fsp3) is 0.158. The molecule has 0 aliphatic heterocycles. The maximum Gasteiger partial charge on any atom is 0.338 e. The number of anilines is 3. The Morgan fingerprint density at radius 1 is 1.04 bits per heavy atom. The van der Waals surface area contributed by atoms with Crippen LogP contribution in [-0.4, -0.2) is 20.9 Å². The molecule has 0 amide bonds. The van der Waals surface area contributed by atoms with Crippen LogP contribution in [0.25, 0.3) is 0 Å². The molecule has 0 aliphatic rings. The normalized spacial score (nSPS) is 10.4. The SMILES string of the molecule is Cc1ccc(Nc2nc(N)nc(COC(=O)c3cccc(C)c3)n2)cc1. The van der Waals surface area contributed by atoms with Crippen molar-refractivity contribution in [3.8, 4) is 0 Å². The molecule has 0 bridgehead atoms. The molecule has 3 N–H and O–H groups in total. The molecular formula is C19H19N5O2. The Bertz CT molecular complexity index is 925. The first-order valence-corrected chi connectivity index (χ1v) is 8.07. The molecule has 0 spiro atoms. The molecule has 3 rings (SSSR count). The smallest absolute Gasteiger partial charge is 0.338 e. The van der Waals surface area contributed by atoms with Crippen molar-refractivity contribution in [1.29, 1.82) is 0 Å². The summed E-state index contributed by atoms with van der Waals surface area (Å²) in [6, 6.07) is 14.9. The molecule has 1 aromatic heterocycles. The van der Waals surface area contributed by atoms with E-state index in [4.69, 9.17) is 10.5 Å². The van der Waals surface area contributed by atoms with Crippen LogP contribution in [0.1, 0.15) is 27.3 Å². The summed E-state index contributed by atoms with van der Waals surface area (Å²) < 4.78 is 5.27. The lowest BCUT2D eigenvalue weighted by molar-refractivity contribution is 0.0462.